The van der Waals surface area contributed by atoms with Gasteiger partial charge in [0.25, 0.3) is 0 Å². The Morgan fingerprint density at radius 2 is 1.93 bits per heavy atom. The second kappa shape index (κ2) is 8.62. The van der Waals surface area contributed by atoms with Crippen LogP contribution < -0.4 is 11.1 Å². The molecule has 1 atom stereocenters. The first-order chi connectivity index (χ1) is 13.6. The Morgan fingerprint density at radius 1 is 1.24 bits per heavy atom. The Bertz CT molecular complexity index is 891. The number of alkyl halides is 3. The first-order valence-electron chi connectivity index (χ1n) is 9.12. The molecule has 3 rings (SSSR count). The van der Waals surface area contributed by atoms with Gasteiger partial charge in [-0.2, -0.15) is 13.2 Å². The summed E-state index contributed by atoms with van der Waals surface area (Å²) in [5.74, 6) is -2.56. The molecule has 3 N–H and O–H groups in total. The molecule has 1 aliphatic rings. The largest absolute Gasteiger partial charge is 0.490 e. The number of carbonyl (C=O) groups is 2. The highest BCUT2D eigenvalue weighted by Gasteiger charge is 2.43. The summed E-state index contributed by atoms with van der Waals surface area (Å²) in [6.45, 7) is 0.216. The fraction of sp³-hybridized carbons (Fsp3) is 0.474. The Kier molecular flexibility index (Phi) is 6.38. The van der Waals surface area contributed by atoms with Crippen molar-refractivity contribution in [2.75, 3.05) is 0 Å². The average molecular weight is 433 g/mol. The lowest BCUT2D eigenvalue weighted by Crippen LogP contribution is -2.42. The number of esters is 1. The van der Waals surface area contributed by atoms with Gasteiger partial charge in [-0.15, -0.1) is 0 Å². The lowest BCUT2D eigenvalue weighted by atomic mass is 9.81. The van der Waals surface area contributed by atoms with Gasteiger partial charge in [-0.25, -0.2) is 4.79 Å². The molecular weight excluding hydrogens is 413 g/mol. The molecule has 0 spiro atoms. The average Bonchev–Trinajstić information content (AvgIpc) is 3.07. The minimum atomic E-state index is -5.07. The van der Waals surface area contributed by atoms with Gasteiger partial charge in [0.1, 0.15) is 11.3 Å². The van der Waals surface area contributed by atoms with Gasteiger partial charge >= 0.3 is 12.1 Å². The molecule has 1 saturated carbocycles. The third-order valence-electron chi connectivity index (χ3n) is 5.05. The van der Waals surface area contributed by atoms with Crippen LogP contribution in [-0.2, 0) is 20.9 Å². The first kappa shape index (κ1) is 21.4. The molecule has 29 heavy (non-hydrogen) atoms. The minimum absolute atomic E-state index is 0.164. The minimum Gasteiger partial charge on any atom is -0.459 e. The molecule has 1 unspecified atom stereocenters. The van der Waals surface area contributed by atoms with E-state index in [9.17, 15) is 22.8 Å². The van der Waals surface area contributed by atoms with Crippen molar-refractivity contribution in [2.24, 2.45) is 17.6 Å². The van der Waals surface area contributed by atoms with Gasteiger partial charge in [0.05, 0.1) is 6.54 Å². The Hall–Kier alpha value is -2.26. The van der Waals surface area contributed by atoms with E-state index in [1.54, 1.807) is 24.3 Å². The number of amides is 1. The highest BCUT2D eigenvalue weighted by molar-refractivity contribution is 6.31. The van der Waals surface area contributed by atoms with Crippen LogP contribution in [0.2, 0.25) is 5.02 Å². The molecule has 1 fully saturated rings. The van der Waals surface area contributed by atoms with E-state index in [4.69, 9.17) is 21.8 Å². The Balaban J connectivity index is 1.46. The lowest BCUT2D eigenvalue weighted by Gasteiger charge is -2.31. The van der Waals surface area contributed by atoms with Gasteiger partial charge in [-0.3, -0.25) is 10.5 Å². The number of rotatable bonds is 5. The van der Waals surface area contributed by atoms with Crippen LogP contribution in [0.4, 0.5) is 13.2 Å². The van der Waals surface area contributed by atoms with Crippen LogP contribution in [0.1, 0.15) is 31.4 Å². The van der Waals surface area contributed by atoms with E-state index in [0.29, 0.717) is 42.0 Å². The number of benzene rings is 1. The van der Waals surface area contributed by atoms with Crippen LogP contribution >= 0.6 is 11.6 Å². The molecule has 1 heterocycles. The first-order valence-corrected chi connectivity index (χ1v) is 9.50. The Morgan fingerprint density at radius 3 is 2.59 bits per heavy atom. The molecule has 1 aromatic carbocycles. The molecule has 1 aliphatic carbocycles. The van der Waals surface area contributed by atoms with Crippen LogP contribution in [0.3, 0.4) is 0 Å². The van der Waals surface area contributed by atoms with Gasteiger partial charge in [-0.1, -0.05) is 11.6 Å². The molecular formula is C19H20ClF3N2O4. The highest BCUT2D eigenvalue weighted by Crippen LogP contribution is 2.32. The van der Waals surface area contributed by atoms with E-state index < -0.39 is 24.3 Å². The maximum atomic E-state index is 12.4. The summed E-state index contributed by atoms with van der Waals surface area (Å²) in [7, 11) is 0. The van der Waals surface area contributed by atoms with Crippen molar-refractivity contribution in [3.8, 4) is 0 Å². The number of furan rings is 1. The van der Waals surface area contributed by atoms with E-state index in [2.05, 4.69) is 10.1 Å². The van der Waals surface area contributed by atoms with Crippen LogP contribution in [0.15, 0.2) is 28.7 Å². The predicted molar refractivity (Wildman–Crippen MR) is 98.6 cm³/mol. The molecule has 2 aromatic rings. The van der Waals surface area contributed by atoms with Gasteiger partial charge in [-0.05, 0) is 49.9 Å². The second-order valence-electron chi connectivity index (χ2n) is 7.09. The topological polar surface area (TPSA) is 94.6 Å². The fourth-order valence-corrected chi connectivity index (χ4v) is 3.65. The molecule has 158 valence electrons. The molecule has 1 aromatic heterocycles. The zero-order valence-electron chi connectivity index (χ0n) is 15.3. The number of halogens is 4. The summed E-state index contributed by atoms with van der Waals surface area (Å²) < 4.78 is 46.7. The third-order valence-corrected chi connectivity index (χ3v) is 5.28. The van der Waals surface area contributed by atoms with E-state index in [1.165, 1.54) is 0 Å². The quantitative estimate of drug-likeness (QED) is 0.552. The van der Waals surface area contributed by atoms with E-state index in [-0.39, 0.29) is 18.4 Å². The van der Waals surface area contributed by atoms with E-state index in [0.717, 1.165) is 5.39 Å². The van der Waals surface area contributed by atoms with Crippen LogP contribution in [0.5, 0.6) is 0 Å². The number of ether oxygens (including phenoxy) is 1. The molecule has 0 aliphatic heterocycles. The molecule has 0 bridgehead atoms. The van der Waals surface area contributed by atoms with Crippen molar-refractivity contribution in [1.29, 1.82) is 0 Å². The SMILES string of the molecule is NC(OC(=O)C(F)(F)F)C1CCC(C(=O)NCc2cc3cc(Cl)ccc3o2)CC1. The van der Waals surface area contributed by atoms with Crippen molar-refractivity contribution < 1.29 is 31.9 Å². The maximum absolute atomic E-state index is 12.4. The second-order valence-corrected chi connectivity index (χ2v) is 7.53. The van der Waals surface area contributed by atoms with Crippen molar-refractivity contribution in [1.82, 2.24) is 5.32 Å². The van der Waals surface area contributed by atoms with Crippen LogP contribution in [-0.4, -0.2) is 24.3 Å². The monoisotopic (exact) mass is 432 g/mol. The van der Waals surface area contributed by atoms with Gasteiger partial charge in [0.15, 0.2) is 6.23 Å². The van der Waals surface area contributed by atoms with Gasteiger partial charge in [0, 0.05) is 22.2 Å². The summed E-state index contributed by atoms with van der Waals surface area (Å²) in [5.41, 5.74) is 6.25. The molecule has 0 saturated heterocycles. The summed E-state index contributed by atoms with van der Waals surface area (Å²) in [5, 5.41) is 4.23. The number of hydrogen-bond donors (Lipinski definition) is 2. The number of hydrogen-bond acceptors (Lipinski definition) is 5. The predicted octanol–water partition coefficient (Wildman–Crippen LogP) is 3.90. The summed E-state index contributed by atoms with van der Waals surface area (Å²) in [6.07, 6.45) is -4.72. The summed E-state index contributed by atoms with van der Waals surface area (Å²) >= 11 is 5.94. The van der Waals surface area contributed by atoms with Gasteiger partial charge < -0.3 is 14.5 Å². The van der Waals surface area contributed by atoms with Crippen molar-refractivity contribution in [2.45, 2.75) is 44.6 Å². The number of nitrogens with one attached hydrogen (secondary N) is 1. The van der Waals surface area contributed by atoms with Gasteiger partial charge in [0.2, 0.25) is 5.91 Å². The zero-order valence-corrected chi connectivity index (χ0v) is 16.1. The van der Waals surface area contributed by atoms with E-state index >= 15 is 0 Å². The maximum Gasteiger partial charge on any atom is 0.490 e. The number of carbonyl (C=O) groups excluding carboxylic acids is 2. The highest BCUT2D eigenvalue weighted by atomic mass is 35.5. The fourth-order valence-electron chi connectivity index (χ4n) is 3.47. The molecule has 0 radical (unpaired) electrons. The standard InChI is InChI=1S/C19H20ClF3N2O4/c20-13-5-6-15-12(7-13)8-14(28-15)9-25-17(26)11-3-1-10(2-4-11)16(24)29-18(27)19(21,22)23/h5-8,10-11,16H,1-4,9,24H2,(H,25,26). The number of nitrogens with two attached hydrogens (primary N) is 1. The van der Waals surface area contributed by atoms with Crippen LogP contribution in [0.25, 0.3) is 11.0 Å². The van der Waals surface area contributed by atoms with Crippen molar-refractivity contribution >= 4 is 34.4 Å². The normalized spacial score (nSPS) is 21.0. The van der Waals surface area contributed by atoms with Crippen LogP contribution in [0, 0.1) is 11.8 Å². The zero-order chi connectivity index (χ0) is 21.2. The van der Waals surface area contributed by atoms with Crippen molar-refractivity contribution in [3.05, 3.63) is 35.0 Å². The van der Waals surface area contributed by atoms with E-state index in [1.807, 2.05) is 0 Å². The third kappa shape index (κ3) is 5.42. The molecule has 1 amide bonds. The van der Waals surface area contributed by atoms with Crippen molar-refractivity contribution in [3.63, 3.8) is 0 Å². The Labute approximate surface area is 169 Å². The summed E-state index contributed by atoms with van der Waals surface area (Å²) in [4.78, 5) is 23.3. The smallest absolute Gasteiger partial charge is 0.459 e. The molecule has 10 heteroatoms. The summed E-state index contributed by atoms with van der Waals surface area (Å²) in [6, 6.07) is 7.03. The lowest BCUT2D eigenvalue weighted by molar-refractivity contribution is -0.207. The molecule has 6 nitrogen and oxygen atoms in total. The number of fused-ring (bicyclic) bond motifs is 1.